The molecule has 1 aromatic rings. The first-order valence-corrected chi connectivity index (χ1v) is 4.98. The zero-order valence-electron chi connectivity index (χ0n) is 7.02. The van der Waals surface area contributed by atoms with E-state index in [0.717, 1.165) is 11.8 Å². The minimum Gasteiger partial charge on any atom is -0.0924 e. The largest absolute Gasteiger partial charge is 0.0924 e. The average molecular weight is 213 g/mol. The summed E-state index contributed by atoms with van der Waals surface area (Å²) in [5.41, 5.74) is 4.21. The standard InChI is InChI=1S/C10H13Br/c1-8-3-4-9(2)10(7-8)5-6-11/h3-4,7H,5-6H2,1-2H3. The van der Waals surface area contributed by atoms with Crippen LogP contribution >= 0.6 is 15.9 Å². The van der Waals surface area contributed by atoms with Gasteiger partial charge in [-0.3, -0.25) is 0 Å². The second-order valence-corrected chi connectivity index (χ2v) is 3.66. The van der Waals surface area contributed by atoms with Gasteiger partial charge in [-0.05, 0) is 31.4 Å². The summed E-state index contributed by atoms with van der Waals surface area (Å²) in [6.45, 7) is 4.30. The molecule has 0 saturated heterocycles. The van der Waals surface area contributed by atoms with Gasteiger partial charge in [-0.1, -0.05) is 39.7 Å². The molecule has 0 N–H and O–H groups in total. The Morgan fingerprint density at radius 2 is 2.00 bits per heavy atom. The smallest absolute Gasteiger partial charge is 0.00719 e. The van der Waals surface area contributed by atoms with Crippen molar-refractivity contribution in [1.29, 1.82) is 0 Å². The highest BCUT2D eigenvalue weighted by atomic mass is 79.9. The van der Waals surface area contributed by atoms with Crippen LogP contribution in [0.1, 0.15) is 16.7 Å². The van der Waals surface area contributed by atoms with Crippen molar-refractivity contribution in [3.05, 3.63) is 34.9 Å². The van der Waals surface area contributed by atoms with Gasteiger partial charge in [-0.25, -0.2) is 0 Å². The van der Waals surface area contributed by atoms with E-state index in [0.29, 0.717) is 0 Å². The maximum absolute atomic E-state index is 3.44. The second-order valence-electron chi connectivity index (χ2n) is 2.87. The van der Waals surface area contributed by atoms with Crippen molar-refractivity contribution in [2.75, 3.05) is 5.33 Å². The number of hydrogen-bond acceptors (Lipinski definition) is 0. The van der Waals surface area contributed by atoms with Crippen LogP contribution in [0.3, 0.4) is 0 Å². The van der Waals surface area contributed by atoms with Crippen LogP contribution in [0, 0.1) is 13.8 Å². The lowest BCUT2D eigenvalue weighted by Crippen LogP contribution is -1.90. The Morgan fingerprint density at radius 1 is 1.27 bits per heavy atom. The normalized spacial score (nSPS) is 10.1. The maximum atomic E-state index is 3.44. The Labute approximate surface area is 76.8 Å². The summed E-state index contributed by atoms with van der Waals surface area (Å²) in [7, 11) is 0. The molecule has 0 spiro atoms. The van der Waals surface area contributed by atoms with Crippen molar-refractivity contribution >= 4 is 15.9 Å². The van der Waals surface area contributed by atoms with Gasteiger partial charge in [0, 0.05) is 5.33 Å². The molecule has 0 fully saturated rings. The molecule has 1 heteroatoms. The Morgan fingerprint density at radius 3 is 2.64 bits per heavy atom. The second kappa shape index (κ2) is 3.91. The number of rotatable bonds is 2. The van der Waals surface area contributed by atoms with Crippen LogP contribution < -0.4 is 0 Å². The lowest BCUT2D eigenvalue weighted by molar-refractivity contribution is 1.12. The highest BCUT2D eigenvalue weighted by Gasteiger charge is 1.96. The molecule has 1 rings (SSSR count). The van der Waals surface area contributed by atoms with E-state index in [2.05, 4.69) is 48.0 Å². The molecule has 0 aliphatic heterocycles. The van der Waals surface area contributed by atoms with E-state index >= 15 is 0 Å². The predicted molar refractivity (Wildman–Crippen MR) is 53.4 cm³/mol. The number of halogens is 1. The molecule has 0 bridgehead atoms. The van der Waals surface area contributed by atoms with Crippen LogP contribution in [0.15, 0.2) is 18.2 Å². The van der Waals surface area contributed by atoms with Crippen molar-refractivity contribution in [3.63, 3.8) is 0 Å². The van der Waals surface area contributed by atoms with Crippen LogP contribution in [-0.4, -0.2) is 5.33 Å². The van der Waals surface area contributed by atoms with Gasteiger partial charge in [0.1, 0.15) is 0 Å². The van der Waals surface area contributed by atoms with Crippen LogP contribution in [0.25, 0.3) is 0 Å². The van der Waals surface area contributed by atoms with E-state index in [9.17, 15) is 0 Å². The van der Waals surface area contributed by atoms with E-state index in [4.69, 9.17) is 0 Å². The van der Waals surface area contributed by atoms with E-state index in [1.807, 2.05) is 0 Å². The molecule has 0 atom stereocenters. The third-order valence-corrected chi connectivity index (χ3v) is 2.26. The summed E-state index contributed by atoms with van der Waals surface area (Å²) in [5, 5.41) is 1.05. The van der Waals surface area contributed by atoms with Crippen molar-refractivity contribution in [1.82, 2.24) is 0 Å². The minimum atomic E-state index is 1.05. The maximum Gasteiger partial charge on any atom is 0.00719 e. The number of hydrogen-bond donors (Lipinski definition) is 0. The van der Waals surface area contributed by atoms with Gasteiger partial charge in [0.25, 0.3) is 0 Å². The molecule has 0 aliphatic carbocycles. The van der Waals surface area contributed by atoms with Crippen molar-refractivity contribution in [3.8, 4) is 0 Å². The molecule has 0 amide bonds. The van der Waals surface area contributed by atoms with Crippen molar-refractivity contribution < 1.29 is 0 Å². The van der Waals surface area contributed by atoms with Crippen molar-refractivity contribution in [2.24, 2.45) is 0 Å². The van der Waals surface area contributed by atoms with E-state index < -0.39 is 0 Å². The fourth-order valence-electron chi connectivity index (χ4n) is 1.17. The van der Waals surface area contributed by atoms with Crippen LogP contribution in [0.4, 0.5) is 0 Å². The predicted octanol–water partition coefficient (Wildman–Crippen LogP) is 3.24. The quantitative estimate of drug-likeness (QED) is 0.661. The average Bonchev–Trinajstić information content (AvgIpc) is 1.98. The third kappa shape index (κ3) is 2.33. The van der Waals surface area contributed by atoms with Gasteiger partial charge in [-0.2, -0.15) is 0 Å². The molecule has 0 saturated carbocycles. The number of aryl methyl sites for hydroxylation is 3. The monoisotopic (exact) mass is 212 g/mol. The Kier molecular flexibility index (Phi) is 3.13. The fourth-order valence-corrected chi connectivity index (χ4v) is 1.60. The minimum absolute atomic E-state index is 1.05. The van der Waals surface area contributed by atoms with Gasteiger partial charge in [-0.15, -0.1) is 0 Å². The molecular weight excluding hydrogens is 200 g/mol. The topological polar surface area (TPSA) is 0 Å². The zero-order chi connectivity index (χ0) is 8.27. The summed E-state index contributed by atoms with van der Waals surface area (Å²) >= 11 is 3.44. The summed E-state index contributed by atoms with van der Waals surface area (Å²) in [4.78, 5) is 0. The van der Waals surface area contributed by atoms with Crippen LogP contribution in [0.5, 0.6) is 0 Å². The Balaban J connectivity index is 2.93. The molecule has 0 radical (unpaired) electrons. The fraction of sp³-hybridized carbons (Fsp3) is 0.400. The highest BCUT2D eigenvalue weighted by molar-refractivity contribution is 9.09. The van der Waals surface area contributed by atoms with E-state index in [1.54, 1.807) is 0 Å². The van der Waals surface area contributed by atoms with Gasteiger partial charge >= 0.3 is 0 Å². The first-order valence-electron chi connectivity index (χ1n) is 3.86. The Bertz CT molecular complexity index is 241. The van der Waals surface area contributed by atoms with Gasteiger partial charge < -0.3 is 0 Å². The number of benzene rings is 1. The molecule has 11 heavy (non-hydrogen) atoms. The SMILES string of the molecule is Cc1ccc(C)c(CCBr)c1. The molecule has 0 nitrogen and oxygen atoms in total. The van der Waals surface area contributed by atoms with Crippen LogP contribution in [0.2, 0.25) is 0 Å². The number of alkyl halides is 1. The summed E-state index contributed by atoms with van der Waals surface area (Å²) in [5.74, 6) is 0. The lowest BCUT2D eigenvalue weighted by Gasteiger charge is -2.03. The first kappa shape index (κ1) is 8.79. The highest BCUT2D eigenvalue weighted by Crippen LogP contribution is 2.11. The lowest BCUT2D eigenvalue weighted by atomic mass is 10.0. The summed E-state index contributed by atoms with van der Waals surface area (Å²) in [6.07, 6.45) is 1.13. The van der Waals surface area contributed by atoms with Crippen molar-refractivity contribution in [2.45, 2.75) is 20.3 Å². The van der Waals surface area contributed by atoms with Crippen LogP contribution in [-0.2, 0) is 6.42 Å². The van der Waals surface area contributed by atoms with Gasteiger partial charge in [0.05, 0.1) is 0 Å². The molecule has 0 aromatic heterocycles. The van der Waals surface area contributed by atoms with E-state index in [1.165, 1.54) is 16.7 Å². The zero-order valence-corrected chi connectivity index (χ0v) is 8.61. The molecule has 0 aliphatic rings. The molecule has 0 unspecified atom stereocenters. The summed E-state index contributed by atoms with van der Waals surface area (Å²) < 4.78 is 0. The molecule has 1 aromatic carbocycles. The van der Waals surface area contributed by atoms with Gasteiger partial charge in [0.15, 0.2) is 0 Å². The molecule has 0 heterocycles. The Hall–Kier alpha value is -0.300. The third-order valence-electron chi connectivity index (χ3n) is 1.87. The van der Waals surface area contributed by atoms with E-state index in [-0.39, 0.29) is 0 Å². The molecular formula is C10H13Br. The van der Waals surface area contributed by atoms with Gasteiger partial charge in [0.2, 0.25) is 0 Å². The first-order chi connectivity index (χ1) is 5.24. The summed E-state index contributed by atoms with van der Waals surface area (Å²) in [6, 6.07) is 6.61. The molecule has 60 valence electrons.